The maximum Gasteiger partial charge on any atom is 0.412 e. The van der Waals surface area contributed by atoms with Gasteiger partial charge in [-0.15, -0.1) is 0 Å². The summed E-state index contributed by atoms with van der Waals surface area (Å²) in [4.78, 5) is 15.4. The lowest BCUT2D eigenvalue weighted by molar-refractivity contribution is 0.146. The number of anilines is 1. The molecule has 1 amide bonds. The van der Waals surface area contributed by atoms with E-state index < -0.39 is 6.09 Å². The molecule has 0 spiro atoms. The average Bonchev–Trinajstić information content (AvgIpc) is 3.07. The van der Waals surface area contributed by atoms with Crippen LogP contribution in [0.3, 0.4) is 0 Å². The second kappa shape index (κ2) is 7.23. The van der Waals surface area contributed by atoms with Crippen LogP contribution in [0.2, 0.25) is 0 Å². The van der Waals surface area contributed by atoms with E-state index >= 15 is 0 Å². The highest BCUT2D eigenvalue weighted by Crippen LogP contribution is 2.28. The summed E-state index contributed by atoms with van der Waals surface area (Å²) in [6.45, 7) is 1.78. The van der Waals surface area contributed by atoms with E-state index in [1.807, 2.05) is 0 Å². The minimum Gasteiger partial charge on any atom is -0.445 e. The maximum absolute atomic E-state index is 14.3. The number of benzene rings is 1. The molecule has 2 N–H and O–H groups in total. The van der Waals surface area contributed by atoms with Gasteiger partial charge in [-0.05, 0) is 49.5 Å². The minimum absolute atomic E-state index is 0.0263. The third kappa shape index (κ3) is 4.07. The number of hydrogen-bond acceptors (Lipinski definition) is 5. The molecular formula is C16H18FN3O3. The summed E-state index contributed by atoms with van der Waals surface area (Å²) in [7, 11) is 0. The molecule has 0 atom stereocenters. The molecule has 2 heterocycles. The van der Waals surface area contributed by atoms with Crippen molar-refractivity contribution in [1.29, 1.82) is 0 Å². The van der Waals surface area contributed by atoms with Crippen molar-refractivity contribution in [3.8, 4) is 0 Å². The number of rotatable bonds is 4. The van der Waals surface area contributed by atoms with Gasteiger partial charge in [0.05, 0.1) is 6.20 Å². The molecule has 0 bridgehead atoms. The van der Waals surface area contributed by atoms with Crippen molar-refractivity contribution in [2.45, 2.75) is 25.4 Å². The van der Waals surface area contributed by atoms with Gasteiger partial charge in [0, 0.05) is 5.69 Å². The summed E-state index contributed by atoms with van der Waals surface area (Å²) >= 11 is 0. The summed E-state index contributed by atoms with van der Waals surface area (Å²) in [5.74, 6) is 0.362. The lowest BCUT2D eigenvalue weighted by atomic mass is 9.90. The van der Waals surface area contributed by atoms with Gasteiger partial charge >= 0.3 is 6.09 Å². The number of oxazole rings is 1. The van der Waals surface area contributed by atoms with Gasteiger partial charge in [0.15, 0.2) is 18.8 Å². The number of aromatic nitrogens is 1. The smallest absolute Gasteiger partial charge is 0.412 e. The zero-order chi connectivity index (χ0) is 16.1. The molecule has 0 aliphatic carbocycles. The van der Waals surface area contributed by atoms with Crippen LogP contribution in [0, 0.1) is 5.82 Å². The Kier molecular flexibility index (Phi) is 4.87. The minimum atomic E-state index is -0.671. The first-order chi connectivity index (χ1) is 11.2. The van der Waals surface area contributed by atoms with E-state index in [1.165, 1.54) is 18.7 Å². The van der Waals surface area contributed by atoms with Gasteiger partial charge in [0.1, 0.15) is 5.82 Å². The number of hydrogen-bond donors (Lipinski definition) is 2. The molecule has 0 unspecified atom stereocenters. The monoisotopic (exact) mass is 319 g/mol. The molecule has 2 aromatic rings. The number of carbonyl (C=O) groups excluding carboxylic acids is 1. The van der Waals surface area contributed by atoms with Gasteiger partial charge in [-0.1, -0.05) is 6.07 Å². The molecule has 1 aliphatic rings. The van der Waals surface area contributed by atoms with Crippen LogP contribution < -0.4 is 10.6 Å². The van der Waals surface area contributed by atoms with Gasteiger partial charge in [-0.2, -0.15) is 0 Å². The Hall–Kier alpha value is -2.41. The van der Waals surface area contributed by atoms with Crippen molar-refractivity contribution in [2.24, 2.45) is 0 Å². The summed E-state index contributed by atoms with van der Waals surface area (Å²) < 4.78 is 24.2. The summed E-state index contributed by atoms with van der Waals surface area (Å²) in [6.07, 6.45) is 3.88. The van der Waals surface area contributed by atoms with Gasteiger partial charge in [-0.25, -0.2) is 14.2 Å². The predicted octanol–water partition coefficient (Wildman–Crippen LogP) is 3.03. The van der Waals surface area contributed by atoms with Gasteiger partial charge < -0.3 is 14.5 Å². The van der Waals surface area contributed by atoms with Crippen molar-refractivity contribution < 1.29 is 18.3 Å². The number of halogens is 1. The number of nitrogens with one attached hydrogen (secondary N) is 2. The lowest BCUT2D eigenvalue weighted by Crippen LogP contribution is -2.27. The van der Waals surface area contributed by atoms with E-state index in [4.69, 9.17) is 9.15 Å². The van der Waals surface area contributed by atoms with Crippen LogP contribution >= 0.6 is 0 Å². The first-order valence-electron chi connectivity index (χ1n) is 7.53. The van der Waals surface area contributed by atoms with Gasteiger partial charge in [-0.3, -0.25) is 5.32 Å². The Morgan fingerprint density at radius 1 is 1.43 bits per heavy atom. The Bertz CT molecular complexity index is 655. The number of nitrogens with zero attached hydrogens (tertiary/aromatic N) is 1. The Morgan fingerprint density at radius 3 is 2.96 bits per heavy atom. The van der Waals surface area contributed by atoms with E-state index in [9.17, 15) is 9.18 Å². The maximum atomic E-state index is 14.3. The van der Waals surface area contributed by atoms with Crippen LogP contribution in [0.15, 0.2) is 35.2 Å². The van der Waals surface area contributed by atoms with E-state index in [2.05, 4.69) is 15.6 Å². The van der Waals surface area contributed by atoms with Crippen LogP contribution in [0.25, 0.3) is 0 Å². The van der Waals surface area contributed by atoms with E-state index in [1.54, 1.807) is 12.1 Å². The zero-order valence-electron chi connectivity index (χ0n) is 12.5. The highest BCUT2D eigenvalue weighted by Gasteiger charge is 2.19. The van der Waals surface area contributed by atoms with Crippen LogP contribution in [0.1, 0.15) is 30.1 Å². The third-order valence-corrected chi connectivity index (χ3v) is 3.85. The molecule has 1 saturated heterocycles. The molecule has 1 aromatic heterocycles. The highest BCUT2D eigenvalue weighted by molar-refractivity contribution is 5.84. The van der Waals surface area contributed by atoms with E-state index in [-0.39, 0.29) is 18.3 Å². The largest absolute Gasteiger partial charge is 0.445 e. The Labute approximate surface area is 133 Å². The second-order valence-electron chi connectivity index (χ2n) is 5.43. The Morgan fingerprint density at radius 2 is 2.26 bits per heavy atom. The SMILES string of the molecule is O=C(Nc1ccc(C2CCNCC2)c(F)c1)OCc1cnco1. The standard InChI is InChI=1S/C16H18FN3O3/c17-15-7-12(1-2-14(15)11-3-5-18-6-4-11)20-16(21)22-9-13-8-19-10-23-13/h1-2,7-8,10-11,18H,3-6,9H2,(H,20,21). The summed E-state index contributed by atoms with van der Waals surface area (Å²) in [5, 5.41) is 5.76. The molecule has 1 aromatic carbocycles. The predicted molar refractivity (Wildman–Crippen MR) is 81.6 cm³/mol. The van der Waals surface area contributed by atoms with Crippen LogP contribution in [-0.2, 0) is 11.3 Å². The molecule has 6 nitrogen and oxygen atoms in total. The third-order valence-electron chi connectivity index (χ3n) is 3.85. The van der Waals surface area contributed by atoms with Crippen LogP contribution in [-0.4, -0.2) is 24.2 Å². The first-order valence-corrected chi connectivity index (χ1v) is 7.53. The number of piperidine rings is 1. The number of amides is 1. The number of ether oxygens (including phenoxy) is 1. The molecule has 0 saturated carbocycles. The van der Waals surface area contributed by atoms with Crippen molar-refractivity contribution >= 4 is 11.8 Å². The fourth-order valence-corrected chi connectivity index (χ4v) is 2.67. The highest BCUT2D eigenvalue weighted by atomic mass is 19.1. The average molecular weight is 319 g/mol. The zero-order valence-corrected chi connectivity index (χ0v) is 12.5. The molecule has 23 heavy (non-hydrogen) atoms. The van der Waals surface area contributed by atoms with Crippen LogP contribution in [0.5, 0.6) is 0 Å². The van der Waals surface area contributed by atoms with Crippen LogP contribution in [0.4, 0.5) is 14.9 Å². The molecular weight excluding hydrogens is 301 g/mol. The molecule has 3 rings (SSSR count). The fourth-order valence-electron chi connectivity index (χ4n) is 2.67. The topological polar surface area (TPSA) is 76.4 Å². The second-order valence-corrected chi connectivity index (χ2v) is 5.43. The molecule has 122 valence electrons. The quantitative estimate of drug-likeness (QED) is 0.906. The lowest BCUT2D eigenvalue weighted by Gasteiger charge is -2.23. The Balaban J connectivity index is 1.57. The molecule has 7 heteroatoms. The van der Waals surface area contributed by atoms with E-state index in [0.29, 0.717) is 17.0 Å². The first kappa shape index (κ1) is 15.5. The summed E-state index contributed by atoms with van der Waals surface area (Å²) in [5.41, 5.74) is 1.06. The number of carbonyl (C=O) groups is 1. The van der Waals surface area contributed by atoms with Crippen molar-refractivity contribution in [1.82, 2.24) is 10.3 Å². The molecule has 1 fully saturated rings. The fraction of sp³-hybridized carbons (Fsp3) is 0.375. The molecule has 1 aliphatic heterocycles. The van der Waals surface area contributed by atoms with Crippen molar-refractivity contribution in [3.05, 3.63) is 47.9 Å². The van der Waals surface area contributed by atoms with Crippen molar-refractivity contribution in [2.75, 3.05) is 18.4 Å². The summed E-state index contributed by atoms with van der Waals surface area (Å²) in [6, 6.07) is 4.75. The van der Waals surface area contributed by atoms with Crippen molar-refractivity contribution in [3.63, 3.8) is 0 Å². The van der Waals surface area contributed by atoms with E-state index in [0.717, 1.165) is 25.9 Å². The van der Waals surface area contributed by atoms with Gasteiger partial charge in [0.2, 0.25) is 0 Å². The normalized spacial score (nSPS) is 15.3. The molecule has 0 radical (unpaired) electrons. The van der Waals surface area contributed by atoms with Gasteiger partial charge in [0.25, 0.3) is 0 Å².